The van der Waals surface area contributed by atoms with Crippen LogP contribution in [0.4, 0.5) is 0 Å². The molecule has 1 aromatic carbocycles. The molecule has 0 bridgehead atoms. The molecule has 0 aliphatic carbocycles. The fraction of sp³-hybridized carbons (Fsp3) is 0.176. The molecule has 0 saturated carbocycles. The maximum absolute atomic E-state index is 12.5. The molecular formula is C17H15N5O3. The molecule has 1 aliphatic heterocycles. The van der Waals surface area contributed by atoms with Crippen molar-refractivity contribution in [3.63, 3.8) is 0 Å². The van der Waals surface area contributed by atoms with E-state index in [1.165, 1.54) is 10.9 Å². The van der Waals surface area contributed by atoms with Crippen molar-refractivity contribution in [1.82, 2.24) is 25.6 Å². The Hall–Kier alpha value is -3.42. The minimum atomic E-state index is -0.467. The van der Waals surface area contributed by atoms with E-state index in [2.05, 4.69) is 20.9 Å². The summed E-state index contributed by atoms with van der Waals surface area (Å²) in [5, 5.41) is 13.4. The van der Waals surface area contributed by atoms with E-state index < -0.39 is 5.91 Å². The van der Waals surface area contributed by atoms with Crippen molar-refractivity contribution in [2.45, 2.75) is 19.1 Å². The van der Waals surface area contributed by atoms with E-state index in [1.807, 2.05) is 30.3 Å². The summed E-state index contributed by atoms with van der Waals surface area (Å²) < 4.78 is 6.63. The lowest BCUT2D eigenvalue weighted by atomic mass is 10.0. The first-order chi connectivity index (χ1) is 12.2. The Morgan fingerprint density at radius 1 is 1.28 bits per heavy atom. The number of carbonyl (C=O) groups excluding carboxylic acids is 2. The topological polar surface area (TPSA) is 102 Å². The smallest absolute Gasteiger partial charge is 0.274 e. The van der Waals surface area contributed by atoms with Gasteiger partial charge >= 0.3 is 0 Å². The zero-order valence-electron chi connectivity index (χ0n) is 13.2. The van der Waals surface area contributed by atoms with E-state index in [0.717, 1.165) is 5.56 Å². The minimum Gasteiger partial charge on any atom is -0.467 e. The van der Waals surface area contributed by atoms with Crippen LogP contribution in [-0.2, 0) is 13.1 Å². The number of nitrogens with zero attached hydrogens (tertiary/aromatic N) is 3. The summed E-state index contributed by atoms with van der Waals surface area (Å²) in [7, 11) is 0. The molecule has 0 saturated heterocycles. The Labute approximate surface area is 142 Å². The highest BCUT2D eigenvalue weighted by Crippen LogP contribution is 2.21. The van der Waals surface area contributed by atoms with Crippen LogP contribution in [0.1, 0.15) is 38.3 Å². The Balaban J connectivity index is 1.53. The molecule has 8 heteroatoms. The number of fused-ring (bicyclic) bond motifs is 1. The molecule has 3 heterocycles. The van der Waals surface area contributed by atoms with Gasteiger partial charge in [0.05, 0.1) is 25.4 Å². The third-order valence-corrected chi connectivity index (χ3v) is 4.03. The minimum absolute atomic E-state index is 0.00979. The highest BCUT2D eigenvalue weighted by atomic mass is 16.3. The number of hydrogen-bond donors (Lipinski definition) is 2. The molecule has 0 radical (unpaired) electrons. The van der Waals surface area contributed by atoms with Crippen LogP contribution < -0.4 is 10.6 Å². The van der Waals surface area contributed by atoms with Crippen molar-refractivity contribution in [3.05, 3.63) is 71.4 Å². The molecule has 8 nitrogen and oxygen atoms in total. The highest BCUT2D eigenvalue weighted by molar-refractivity contribution is 6.05. The van der Waals surface area contributed by atoms with E-state index in [9.17, 15) is 9.59 Å². The summed E-state index contributed by atoms with van der Waals surface area (Å²) in [6.07, 6.45) is 1.53. The van der Waals surface area contributed by atoms with Gasteiger partial charge in [0.15, 0.2) is 11.4 Å². The number of nitrogens with one attached hydrogen (secondary N) is 2. The largest absolute Gasteiger partial charge is 0.467 e. The molecule has 1 atom stereocenters. The van der Waals surface area contributed by atoms with Crippen LogP contribution in [0.5, 0.6) is 0 Å². The average Bonchev–Trinajstić information content (AvgIpc) is 3.30. The first-order valence-corrected chi connectivity index (χ1v) is 7.82. The van der Waals surface area contributed by atoms with Crippen molar-refractivity contribution < 1.29 is 14.0 Å². The van der Waals surface area contributed by atoms with Gasteiger partial charge in [-0.25, -0.2) is 4.68 Å². The molecule has 25 heavy (non-hydrogen) atoms. The monoisotopic (exact) mass is 337 g/mol. The second kappa shape index (κ2) is 6.23. The van der Waals surface area contributed by atoms with Gasteiger partial charge < -0.3 is 15.1 Å². The molecule has 0 spiro atoms. The van der Waals surface area contributed by atoms with Crippen molar-refractivity contribution >= 4 is 11.8 Å². The van der Waals surface area contributed by atoms with Gasteiger partial charge in [-0.05, 0) is 17.7 Å². The van der Waals surface area contributed by atoms with Gasteiger partial charge in [-0.3, -0.25) is 9.59 Å². The maximum Gasteiger partial charge on any atom is 0.274 e. The normalized spacial score (nSPS) is 16.2. The number of benzene rings is 1. The van der Waals surface area contributed by atoms with Crippen LogP contribution in [0.2, 0.25) is 0 Å². The van der Waals surface area contributed by atoms with Crippen molar-refractivity contribution in [2.75, 3.05) is 0 Å². The number of rotatable bonds is 4. The van der Waals surface area contributed by atoms with Gasteiger partial charge in [-0.1, -0.05) is 35.5 Å². The van der Waals surface area contributed by atoms with Crippen molar-refractivity contribution in [1.29, 1.82) is 0 Å². The van der Waals surface area contributed by atoms with Gasteiger partial charge in [0, 0.05) is 0 Å². The van der Waals surface area contributed by atoms with E-state index in [-0.39, 0.29) is 29.9 Å². The summed E-state index contributed by atoms with van der Waals surface area (Å²) >= 11 is 0. The molecule has 2 aromatic heterocycles. The molecule has 1 aliphatic rings. The van der Waals surface area contributed by atoms with Gasteiger partial charge in [-0.2, -0.15) is 0 Å². The molecule has 4 rings (SSSR count). The molecular weight excluding hydrogens is 322 g/mol. The Morgan fingerprint density at radius 2 is 2.12 bits per heavy atom. The second-order valence-electron chi connectivity index (χ2n) is 5.67. The third kappa shape index (κ3) is 2.89. The zero-order chi connectivity index (χ0) is 17.2. The predicted molar refractivity (Wildman–Crippen MR) is 86.5 cm³/mol. The Morgan fingerprint density at radius 3 is 2.88 bits per heavy atom. The summed E-state index contributed by atoms with van der Waals surface area (Å²) in [6, 6.07) is 12.9. The van der Waals surface area contributed by atoms with E-state index >= 15 is 0 Å². The lowest BCUT2D eigenvalue weighted by Gasteiger charge is -2.24. The summed E-state index contributed by atoms with van der Waals surface area (Å²) in [5.41, 5.74) is 1.15. The average molecular weight is 337 g/mol. The molecule has 0 unspecified atom stereocenters. The standard InChI is InChI=1S/C17H15N5O3/c23-16(18-9-12-7-4-8-25-12)14-15-17(24)19-13(10-22(15)21-20-14)11-5-2-1-3-6-11/h1-8,13H,9-10H2,(H,18,23)(H,19,24)/t13-/m1/s1. The first kappa shape index (κ1) is 15.1. The van der Waals surface area contributed by atoms with Gasteiger partial charge in [0.1, 0.15) is 5.76 Å². The number of carbonyl (C=O) groups is 2. The first-order valence-electron chi connectivity index (χ1n) is 7.82. The van der Waals surface area contributed by atoms with Gasteiger partial charge in [0.2, 0.25) is 0 Å². The van der Waals surface area contributed by atoms with Crippen molar-refractivity contribution in [2.24, 2.45) is 0 Å². The van der Waals surface area contributed by atoms with Crippen LogP contribution in [0.25, 0.3) is 0 Å². The molecule has 3 aromatic rings. The van der Waals surface area contributed by atoms with E-state index in [1.54, 1.807) is 12.1 Å². The predicted octanol–water partition coefficient (Wildman–Crippen LogP) is 1.29. The summed E-state index contributed by atoms with van der Waals surface area (Å²) in [4.78, 5) is 24.8. The molecule has 2 N–H and O–H groups in total. The Kier molecular flexibility index (Phi) is 3.77. The zero-order valence-corrected chi connectivity index (χ0v) is 13.2. The second-order valence-corrected chi connectivity index (χ2v) is 5.67. The fourth-order valence-electron chi connectivity index (χ4n) is 2.80. The number of amides is 2. The summed E-state index contributed by atoms with van der Waals surface area (Å²) in [5.74, 6) is -0.220. The lowest BCUT2D eigenvalue weighted by Crippen LogP contribution is -2.40. The maximum atomic E-state index is 12.5. The van der Waals surface area contributed by atoms with Crippen LogP contribution >= 0.6 is 0 Å². The number of hydrogen-bond acceptors (Lipinski definition) is 5. The van der Waals surface area contributed by atoms with Crippen LogP contribution in [0.3, 0.4) is 0 Å². The van der Waals surface area contributed by atoms with Crippen LogP contribution in [-0.4, -0.2) is 26.8 Å². The van der Waals surface area contributed by atoms with Crippen molar-refractivity contribution in [3.8, 4) is 0 Å². The third-order valence-electron chi connectivity index (χ3n) is 4.03. The van der Waals surface area contributed by atoms with Crippen LogP contribution in [0, 0.1) is 0 Å². The Bertz CT molecular complexity index is 902. The highest BCUT2D eigenvalue weighted by Gasteiger charge is 2.32. The summed E-state index contributed by atoms with van der Waals surface area (Å²) in [6.45, 7) is 0.635. The van der Waals surface area contributed by atoms with Crippen LogP contribution in [0.15, 0.2) is 53.1 Å². The number of furan rings is 1. The number of aromatic nitrogens is 3. The van der Waals surface area contributed by atoms with E-state index in [4.69, 9.17) is 4.42 Å². The van der Waals surface area contributed by atoms with Gasteiger partial charge in [0.25, 0.3) is 11.8 Å². The molecule has 126 valence electrons. The molecule has 0 fully saturated rings. The van der Waals surface area contributed by atoms with Gasteiger partial charge in [-0.15, -0.1) is 5.10 Å². The fourth-order valence-corrected chi connectivity index (χ4v) is 2.80. The molecule has 2 amide bonds. The lowest BCUT2D eigenvalue weighted by molar-refractivity contribution is 0.0875. The quantitative estimate of drug-likeness (QED) is 0.747. The SMILES string of the molecule is O=C(NCc1ccco1)c1nnn2c1C(=O)N[C@@H](c1ccccc1)C2. The van der Waals surface area contributed by atoms with E-state index in [0.29, 0.717) is 12.3 Å².